The van der Waals surface area contributed by atoms with Crippen molar-refractivity contribution in [2.45, 2.75) is 12.3 Å². The van der Waals surface area contributed by atoms with Crippen molar-refractivity contribution >= 4 is 0 Å². The summed E-state index contributed by atoms with van der Waals surface area (Å²) in [7, 11) is 0. The molecule has 0 saturated heterocycles. The highest BCUT2D eigenvalue weighted by molar-refractivity contribution is 5.32. The van der Waals surface area contributed by atoms with E-state index in [9.17, 15) is 0 Å². The van der Waals surface area contributed by atoms with Crippen LogP contribution in [0.2, 0.25) is 0 Å². The highest BCUT2D eigenvalue weighted by Gasteiger charge is 2.12. The van der Waals surface area contributed by atoms with Gasteiger partial charge in [-0.05, 0) is 29.7 Å². The largest absolute Gasteiger partial charge is 0.315 e. The van der Waals surface area contributed by atoms with Crippen molar-refractivity contribution in [2.24, 2.45) is 0 Å². The third kappa shape index (κ3) is 4.54. The van der Waals surface area contributed by atoms with Crippen LogP contribution < -0.4 is 5.32 Å². The van der Waals surface area contributed by atoms with Crippen LogP contribution in [0.4, 0.5) is 0 Å². The zero-order valence-corrected chi connectivity index (χ0v) is 13.4. The standard InChI is InChI=1S/C22H23N/c1-4-10-19(11-5-1)16-17-23-18-22(20-12-6-2-7-13-20)21-14-8-3-9-15-21/h1-15,22-23H,16-18H2. The van der Waals surface area contributed by atoms with E-state index >= 15 is 0 Å². The maximum atomic E-state index is 3.63. The zero-order chi connectivity index (χ0) is 15.7. The Kier molecular flexibility index (Phi) is 5.60. The molecule has 0 radical (unpaired) electrons. The molecule has 0 unspecified atom stereocenters. The Balaban J connectivity index is 1.63. The molecule has 23 heavy (non-hydrogen) atoms. The van der Waals surface area contributed by atoms with Gasteiger partial charge in [-0.1, -0.05) is 91.0 Å². The van der Waals surface area contributed by atoms with E-state index in [0.717, 1.165) is 19.5 Å². The molecule has 0 atom stereocenters. The highest BCUT2D eigenvalue weighted by atomic mass is 14.9. The maximum Gasteiger partial charge on any atom is 0.0214 e. The molecule has 0 heterocycles. The molecule has 0 fully saturated rings. The smallest absolute Gasteiger partial charge is 0.0214 e. The summed E-state index contributed by atoms with van der Waals surface area (Å²) in [5.74, 6) is 0.396. The van der Waals surface area contributed by atoms with Gasteiger partial charge in [0.2, 0.25) is 0 Å². The third-order valence-electron chi connectivity index (χ3n) is 4.19. The van der Waals surface area contributed by atoms with E-state index in [0.29, 0.717) is 5.92 Å². The molecule has 0 spiro atoms. The predicted molar refractivity (Wildman–Crippen MR) is 97.7 cm³/mol. The second-order valence-corrected chi connectivity index (χ2v) is 5.81. The normalized spacial score (nSPS) is 10.8. The van der Waals surface area contributed by atoms with Crippen molar-refractivity contribution in [1.29, 1.82) is 0 Å². The number of rotatable bonds is 7. The van der Waals surface area contributed by atoms with Crippen LogP contribution in [0.5, 0.6) is 0 Å². The van der Waals surface area contributed by atoms with Gasteiger partial charge in [-0.2, -0.15) is 0 Å². The lowest BCUT2D eigenvalue weighted by Crippen LogP contribution is -2.24. The Morgan fingerprint density at radius 1 is 0.609 bits per heavy atom. The summed E-state index contributed by atoms with van der Waals surface area (Å²) in [5, 5.41) is 3.63. The summed E-state index contributed by atoms with van der Waals surface area (Å²) in [4.78, 5) is 0. The Hall–Kier alpha value is -2.38. The first-order valence-corrected chi connectivity index (χ1v) is 8.28. The molecular formula is C22H23N. The van der Waals surface area contributed by atoms with Crippen molar-refractivity contribution in [3.63, 3.8) is 0 Å². The first-order valence-electron chi connectivity index (χ1n) is 8.28. The summed E-state index contributed by atoms with van der Waals surface area (Å²) >= 11 is 0. The molecule has 0 saturated carbocycles. The van der Waals surface area contributed by atoms with Crippen LogP contribution in [0.3, 0.4) is 0 Å². The van der Waals surface area contributed by atoms with Crippen molar-refractivity contribution in [3.8, 4) is 0 Å². The van der Waals surface area contributed by atoms with E-state index in [1.807, 2.05) is 0 Å². The summed E-state index contributed by atoms with van der Waals surface area (Å²) in [5.41, 5.74) is 4.12. The van der Waals surface area contributed by atoms with E-state index in [-0.39, 0.29) is 0 Å². The van der Waals surface area contributed by atoms with Gasteiger partial charge in [-0.3, -0.25) is 0 Å². The molecule has 0 aromatic heterocycles. The number of nitrogens with one attached hydrogen (secondary N) is 1. The lowest BCUT2D eigenvalue weighted by molar-refractivity contribution is 0.635. The fraction of sp³-hybridized carbons (Fsp3) is 0.182. The van der Waals surface area contributed by atoms with Gasteiger partial charge in [0.15, 0.2) is 0 Å². The third-order valence-corrected chi connectivity index (χ3v) is 4.19. The molecule has 1 nitrogen and oxygen atoms in total. The Bertz CT molecular complexity index is 637. The molecule has 0 aliphatic carbocycles. The molecule has 0 aliphatic rings. The molecule has 1 heteroatoms. The predicted octanol–water partition coefficient (Wildman–Crippen LogP) is 4.65. The average molecular weight is 301 g/mol. The van der Waals surface area contributed by atoms with Gasteiger partial charge in [-0.15, -0.1) is 0 Å². The first kappa shape index (κ1) is 15.5. The van der Waals surface area contributed by atoms with Crippen molar-refractivity contribution in [1.82, 2.24) is 5.32 Å². The summed E-state index contributed by atoms with van der Waals surface area (Å²) in [6.07, 6.45) is 1.07. The number of hydrogen-bond donors (Lipinski definition) is 1. The zero-order valence-electron chi connectivity index (χ0n) is 13.4. The topological polar surface area (TPSA) is 12.0 Å². The second-order valence-electron chi connectivity index (χ2n) is 5.81. The molecule has 1 N–H and O–H groups in total. The van der Waals surface area contributed by atoms with Crippen LogP contribution in [0.1, 0.15) is 22.6 Å². The van der Waals surface area contributed by atoms with Crippen LogP contribution in [-0.2, 0) is 6.42 Å². The molecule has 3 rings (SSSR count). The summed E-state index contributed by atoms with van der Waals surface area (Å²) < 4.78 is 0. The minimum atomic E-state index is 0.396. The number of hydrogen-bond acceptors (Lipinski definition) is 1. The Morgan fingerprint density at radius 2 is 1.09 bits per heavy atom. The molecule has 0 bridgehead atoms. The van der Waals surface area contributed by atoms with E-state index in [1.165, 1.54) is 16.7 Å². The second kappa shape index (κ2) is 8.30. The van der Waals surface area contributed by atoms with Gasteiger partial charge >= 0.3 is 0 Å². The van der Waals surface area contributed by atoms with Crippen LogP contribution in [-0.4, -0.2) is 13.1 Å². The maximum absolute atomic E-state index is 3.63. The van der Waals surface area contributed by atoms with E-state index in [2.05, 4.69) is 96.3 Å². The van der Waals surface area contributed by atoms with Gasteiger partial charge in [0.05, 0.1) is 0 Å². The molecule has 0 amide bonds. The molecule has 3 aromatic rings. The molecule has 0 aliphatic heterocycles. The Labute approximate surface area is 139 Å². The fourth-order valence-corrected chi connectivity index (χ4v) is 2.92. The summed E-state index contributed by atoms with van der Waals surface area (Å²) in [6.45, 7) is 1.96. The molecule has 116 valence electrons. The van der Waals surface area contributed by atoms with Crippen molar-refractivity contribution in [2.75, 3.05) is 13.1 Å². The van der Waals surface area contributed by atoms with Crippen LogP contribution in [0.15, 0.2) is 91.0 Å². The highest BCUT2D eigenvalue weighted by Crippen LogP contribution is 2.23. The lowest BCUT2D eigenvalue weighted by atomic mass is 9.91. The van der Waals surface area contributed by atoms with Gasteiger partial charge in [0, 0.05) is 12.5 Å². The average Bonchev–Trinajstić information content (AvgIpc) is 2.64. The van der Waals surface area contributed by atoms with Gasteiger partial charge in [0.1, 0.15) is 0 Å². The van der Waals surface area contributed by atoms with Crippen LogP contribution in [0, 0.1) is 0 Å². The minimum Gasteiger partial charge on any atom is -0.315 e. The monoisotopic (exact) mass is 301 g/mol. The van der Waals surface area contributed by atoms with Crippen LogP contribution in [0.25, 0.3) is 0 Å². The molecule has 3 aromatic carbocycles. The molecular weight excluding hydrogens is 278 g/mol. The van der Waals surface area contributed by atoms with Crippen LogP contribution >= 0.6 is 0 Å². The quantitative estimate of drug-likeness (QED) is 0.626. The van der Waals surface area contributed by atoms with Gasteiger partial charge in [-0.25, -0.2) is 0 Å². The Morgan fingerprint density at radius 3 is 1.61 bits per heavy atom. The van der Waals surface area contributed by atoms with Crippen molar-refractivity contribution in [3.05, 3.63) is 108 Å². The SMILES string of the molecule is c1ccc(CCNCC(c2ccccc2)c2ccccc2)cc1. The van der Waals surface area contributed by atoms with Crippen molar-refractivity contribution < 1.29 is 0 Å². The fourth-order valence-electron chi connectivity index (χ4n) is 2.92. The van der Waals surface area contributed by atoms with E-state index in [1.54, 1.807) is 0 Å². The summed E-state index contributed by atoms with van der Waals surface area (Å²) in [6, 6.07) is 32.2. The van der Waals surface area contributed by atoms with E-state index < -0.39 is 0 Å². The van der Waals surface area contributed by atoms with Gasteiger partial charge in [0.25, 0.3) is 0 Å². The lowest BCUT2D eigenvalue weighted by Gasteiger charge is -2.19. The minimum absolute atomic E-state index is 0.396. The van der Waals surface area contributed by atoms with E-state index in [4.69, 9.17) is 0 Å². The van der Waals surface area contributed by atoms with Gasteiger partial charge < -0.3 is 5.32 Å². The number of benzene rings is 3. The first-order chi connectivity index (χ1) is 11.4.